The second-order valence-corrected chi connectivity index (χ2v) is 4.12. The van der Waals surface area contributed by atoms with Gasteiger partial charge in [-0.1, -0.05) is 6.07 Å². The first-order chi connectivity index (χ1) is 9.09. The van der Waals surface area contributed by atoms with E-state index in [0.717, 1.165) is 6.07 Å². The number of hydrogen-bond acceptors (Lipinski definition) is 4. The first-order valence-corrected chi connectivity index (χ1v) is 5.47. The van der Waals surface area contributed by atoms with Crippen molar-refractivity contribution in [1.29, 1.82) is 0 Å². The molecule has 0 aliphatic heterocycles. The maximum atomic E-state index is 12.2. The molecule has 91 valence electrons. The van der Waals surface area contributed by atoms with E-state index in [-0.39, 0.29) is 33.9 Å². The summed E-state index contributed by atoms with van der Waals surface area (Å²) in [6.45, 7) is 0. The fraction of sp³-hybridized carbons (Fsp3) is 0. The molecule has 0 spiro atoms. The van der Waals surface area contributed by atoms with Crippen molar-refractivity contribution in [1.82, 2.24) is 0 Å². The summed E-state index contributed by atoms with van der Waals surface area (Å²) >= 11 is 0. The Morgan fingerprint density at radius 2 is 1.63 bits per heavy atom. The van der Waals surface area contributed by atoms with Crippen LogP contribution in [0.2, 0.25) is 0 Å². The molecule has 1 aliphatic carbocycles. The van der Waals surface area contributed by atoms with E-state index in [1.165, 1.54) is 24.3 Å². The van der Waals surface area contributed by atoms with Gasteiger partial charge in [0.2, 0.25) is 0 Å². The average molecular weight is 252 g/mol. The summed E-state index contributed by atoms with van der Waals surface area (Å²) in [7, 11) is 0. The quantitative estimate of drug-likeness (QED) is 0.491. The van der Waals surface area contributed by atoms with E-state index in [1.54, 1.807) is 6.07 Å². The van der Waals surface area contributed by atoms with Crippen LogP contribution < -0.4 is 0 Å². The SMILES string of the molecule is O=C1c2cc[c]cc2C(=O)c2cc([N+](=O)[O-])ccc21. The number of nitro groups is 1. The highest BCUT2D eigenvalue weighted by Gasteiger charge is 2.30. The smallest absolute Gasteiger partial charge is 0.270 e. The number of fused-ring (bicyclic) bond motifs is 2. The molecular formula is C14H6NO4. The molecule has 2 aromatic rings. The van der Waals surface area contributed by atoms with Crippen molar-refractivity contribution in [2.45, 2.75) is 0 Å². The third kappa shape index (κ3) is 1.55. The molecule has 0 aromatic heterocycles. The van der Waals surface area contributed by atoms with E-state index in [9.17, 15) is 19.7 Å². The van der Waals surface area contributed by atoms with E-state index in [1.807, 2.05) is 0 Å². The molecule has 0 unspecified atom stereocenters. The van der Waals surface area contributed by atoms with Crippen LogP contribution >= 0.6 is 0 Å². The van der Waals surface area contributed by atoms with Crippen LogP contribution in [0.15, 0.2) is 36.4 Å². The minimum Gasteiger partial charge on any atom is -0.289 e. The van der Waals surface area contributed by atoms with Gasteiger partial charge in [0, 0.05) is 34.4 Å². The van der Waals surface area contributed by atoms with Gasteiger partial charge in [-0.05, 0) is 24.3 Å². The standard InChI is InChI=1S/C14H6NO4/c16-13-9-3-1-2-4-10(9)14(17)12-7-8(15(18)19)5-6-11(12)13/h1,3-7H. The zero-order valence-corrected chi connectivity index (χ0v) is 9.54. The lowest BCUT2D eigenvalue weighted by atomic mass is 9.84. The van der Waals surface area contributed by atoms with Gasteiger partial charge in [-0.15, -0.1) is 0 Å². The molecule has 3 rings (SSSR count). The summed E-state index contributed by atoms with van der Waals surface area (Å²) in [4.78, 5) is 34.6. The third-order valence-electron chi connectivity index (χ3n) is 3.06. The molecule has 0 saturated heterocycles. The van der Waals surface area contributed by atoms with Crippen LogP contribution in [0.5, 0.6) is 0 Å². The Balaban J connectivity index is 2.27. The Morgan fingerprint density at radius 1 is 0.947 bits per heavy atom. The topological polar surface area (TPSA) is 77.3 Å². The summed E-state index contributed by atoms with van der Waals surface area (Å²) < 4.78 is 0. The average Bonchev–Trinajstić information content (AvgIpc) is 2.44. The Morgan fingerprint density at radius 3 is 2.37 bits per heavy atom. The lowest BCUT2D eigenvalue weighted by Crippen LogP contribution is -2.20. The van der Waals surface area contributed by atoms with E-state index >= 15 is 0 Å². The fourth-order valence-electron chi connectivity index (χ4n) is 2.14. The molecular weight excluding hydrogens is 246 g/mol. The van der Waals surface area contributed by atoms with E-state index in [0.29, 0.717) is 5.56 Å². The van der Waals surface area contributed by atoms with E-state index in [2.05, 4.69) is 6.07 Å². The highest BCUT2D eigenvalue weighted by atomic mass is 16.6. The normalized spacial score (nSPS) is 12.8. The number of ketones is 2. The van der Waals surface area contributed by atoms with Crippen molar-refractivity contribution >= 4 is 17.3 Å². The first-order valence-electron chi connectivity index (χ1n) is 5.47. The van der Waals surface area contributed by atoms with Gasteiger partial charge < -0.3 is 0 Å². The molecule has 0 amide bonds. The lowest BCUT2D eigenvalue weighted by Gasteiger charge is -2.16. The Kier molecular flexibility index (Phi) is 2.28. The summed E-state index contributed by atoms with van der Waals surface area (Å²) in [6, 6.07) is 10.9. The molecule has 2 aromatic carbocycles. The molecule has 1 radical (unpaired) electrons. The van der Waals surface area contributed by atoms with Gasteiger partial charge in [-0.25, -0.2) is 0 Å². The minimum atomic E-state index is -0.593. The van der Waals surface area contributed by atoms with Crippen molar-refractivity contribution in [2.75, 3.05) is 0 Å². The number of non-ortho nitro benzene ring substituents is 1. The van der Waals surface area contributed by atoms with Gasteiger partial charge in [-0.2, -0.15) is 0 Å². The van der Waals surface area contributed by atoms with Crippen molar-refractivity contribution in [2.24, 2.45) is 0 Å². The second-order valence-electron chi connectivity index (χ2n) is 4.12. The predicted octanol–water partition coefficient (Wildman–Crippen LogP) is 2.17. The van der Waals surface area contributed by atoms with Crippen LogP contribution in [0, 0.1) is 16.2 Å². The Hall–Kier alpha value is -2.82. The zero-order valence-electron chi connectivity index (χ0n) is 9.54. The molecule has 19 heavy (non-hydrogen) atoms. The molecule has 0 N–H and O–H groups in total. The number of nitrogens with zero attached hydrogens (tertiary/aromatic N) is 1. The van der Waals surface area contributed by atoms with Gasteiger partial charge in [0.1, 0.15) is 0 Å². The summed E-state index contributed by atoms with van der Waals surface area (Å²) in [6.07, 6.45) is 0. The number of rotatable bonds is 1. The van der Waals surface area contributed by atoms with Gasteiger partial charge in [0.25, 0.3) is 5.69 Å². The van der Waals surface area contributed by atoms with Crippen LogP contribution in [0.4, 0.5) is 5.69 Å². The largest absolute Gasteiger partial charge is 0.289 e. The molecule has 0 saturated carbocycles. The highest BCUT2D eigenvalue weighted by molar-refractivity contribution is 6.28. The van der Waals surface area contributed by atoms with Crippen LogP contribution in [-0.4, -0.2) is 16.5 Å². The third-order valence-corrected chi connectivity index (χ3v) is 3.06. The van der Waals surface area contributed by atoms with Crippen molar-refractivity contribution < 1.29 is 14.5 Å². The van der Waals surface area contributed by atoms with Crippen LogP contribution in [0.3, 0.4) is 0 Å². The number of carbonyl (C=O) groups is 2. The molecule has 5 heteroatoms. The van der Waals surface area contributed by atoms with E-state index in [4.69, 9.17) is 0 Å². The monoisotopic (exact) mass is 252 g/mol. The lowest BCUT2D eigenvalue weighted by molar-refractivity contribution is -0.384. The predicted molar refractivity (Wildman–Crippen MR) is 65.2 cm³/mol. The summed E-state index contributed by atoms with van der Waals surface area (Å²) in [5, 5.41) is 10.7. The number of nitro benzene ring substituents is 1. The van der Waals surface area contributed by atoms with Crippen LogP contribution in [0.1, 0.15) is 31.8 Å². The van der Waals surface area contributed by atoms with Gasteiger partial charge in [-0.3, -0.25) is 19.7 Å². The molecule has 0 bridgehead atoms. The first kappa shape index (κ1) is 11.3. The minimum absolute atomic E-state index is 0.0753. The van der Waals surface area contributed by atoms with Crippen molar-refractivity contribution in [3.05, 3.63) is 74.8 Å². The van der Waals surface area contributed by atoms with Gasteiger partial charge in [0.15, 0.2) is 11.6 Å². The molecule has 0 heterocycles. The maximum Gasteiger partial charge on any atom is 0.270 e. The number of carbonyl (C=O) groups excluding carboxylic acids is 2. The second kappa shape index (κ2) is 3.84. The Labute approximate surface area is 107 Å². The van der Waals surface area contributed by atoms with Crippen LogP contribution in [0.25, 0.3) is 0 Å². The van der Waals surface area contributed by atoms with Gasteiger partial charge >= 0.3 is 0 Å². The molecule has 1 aliphatic rings. The fourth-order valence-corrected chi connectivity index (χ4v) is 2.14. The van der Waals surface area contributed by atoms with Crippen molar-refractivity contribution in [3.63, 3.8) is 0 Å². The summed E-state index contributed by atoms with van der Waals surface area (Å²) in [5.74, 6) is -0.682. The van der Waals surface area contributed by atoms with Crippen LogP contribution in [-0.2, 0) is 0 Å². The maximum absolute atomic E-state index is 12.2. The summed E-state index contributed by atoms with van der Waals surface area (Å²) in [5.41, 5.74) is 0.620. The van der Waals surface area contributed by atoms with Gasteiger partial charge in [0.05, 0.1) is 4.92 Å². The zero-order chi connectivity index (χ0) is 13.6. The number of hydrogen-bond donors (Lipinski definition) is 0. The highest BCUT2D eigenvalue weighted by Crippen LogP contribution is 2.29. The molecule has 0 atom stereocenters. The number of benzene rings is 2. The molecule has 5 nitrogen and oxygen atoms in total. The molecule has 0 fully saturated rings. The Bertz CT molecular complexity index is 749. The van der Waals surface area contributed by atoms with E-state index < -0.39 is 4.92 Å². The van der Waals surface area contributed by atoms with Crippen molar-refractivity contribution in [3.8, 4) is 0 Å².